The van der Waals surface area contributed by atoms with Crippen molar-refractivity contribution in [3.63, 3.8) is 0 Å². The highest BCUT2D eigenvalue weighted by Gasteiger charge is 2.30. The average molecular weight is 309 g/mol. The number of ether oxygens (including phenoxy) is 1. The molecule has 0 bridgehead atoms. The second-order valence-corrected chi connectivity index (χ2v) is 7.84. The van der Waals surface area contributed by atoms with Crippen LogP contribution in [0.15, 0.2) is 23.1 Å². The van der Waals surface area contributed by atoms with Gasteiger partial charge in [0.25, 0.3) is 0 Å². The summed E-state index contributed by atoms with van der Waals surface area (Å²) < 4.78 is 32.8. The molecule has 116 valence electrons. The van der Waals surface area contributed by atoms with Gasteiger partial charge in [-0.1, -0.05) is 13.0 Å². The van der Waals surface area contributed by atoms with Crippen LogP contribution in [-0.4, -0.2) is 38.5 Å². The molecular weight excluding hydrogens is 286 g/mol. The van der Waals surface area contributed by atoms with Crippen LogP contribution in [-0.2, 0) is 27.6 Å². The van der Waals surface area contributed by atoms with Gasteiger partial charge >= 0.3 is 0 Å². The molecule has 21 heavy (non-hydrogen) atoms. The first-order chi connectivity index (χ1) is 10.1. The van der Waals surface area contributed by atoms with Gasteiger partial charge in [0.05, 0.1) is 17.6 Å². The van der Waals surface area contributed by atoms with E-state index in [1.807, 2.05) is 19.1 Å². The van der Waals surface area contributed by atoms with Crippen molar-refractivity contribution in [1.29, 1.82) is 0 Å². The summed E-state index contributed by atoms with van der Waals surface area (Å²) in [5, 5.41) is 0. The lowest BCUT2D eigenvalue weighted by Crippen LogP contribution is -2.45. The van der Waals surface area contributed by atoms with E-state index < -0.39 is 10.0 Å². The number of fused-ring (bicyclic) bond motifs is 1. The summed E-state index contributed by atoms with van der Waals surface area (Å²) in [4.78, 5) is 0.444. The smallest absolute Gasteiger partial charge is 0.243 e. The molecule has 5 heteroatoms. The normalized spacial score (nSPS) is 23.8. The fourth-order valence-electron chi connectivity index (χ4n) is 3.18. The van der Waals surface area contributed by atoms with Crippen LogP contribution in [0.3, 0.4) is 0 Å². The van der Waals surface area contributed by atoms with Gasteiger partial charge in [-0.25, -0.2) is 8.42 Å². The third-order valence-corrected chi connectivity index (χ3v) is 6.38. The molecule has 1 atom stereocenters. The van der Waals surface area contributed by atoms with E-state index in [9.17, 15) is 8.42 Å². The highest BCUT2D eigenvalue weighted by atomic mass is 32.2. The van der Waals surface area contributed by atoms with Crippen molar-refractivity contribution in [2.24, 2.45) is 0 Å². The lowest BCUT2D eigenvalue weighted by Gasteiger charge is -2.32. The van der Waals surface area contributed by atoms with Crippen molar-refractivity contribution in [1.82, 2.24) is 4.31 Å². The maximum atomic E-state index is 12.8. The maximum Gasteiger partial charge on any atom is 0.243 e. The predicted molar refractivity (Wildman–Crippen MR) is 81.9 cm³/mol. The number of hydrogen-bond donors (Lipinski definition) is 0. The summed E-state index contributed by atoms with van der Waals surface area (Å²) in [7, 11) is -3.39. The van der Waals surface area contributed by atoms with Gasteiger partial charge in [-0.3, -0.25) is 0 Å². The van der Waals surface area contributed by atoms with Crippen LogP contribution >= 0.6 is 0 Å². The van der Waals surface area contributed by atoms with Crippen molar-refractivity contribution in [3.8, 4) is 0 Å². The molecule has 0 aromatic heterocycles. The summed E-state index contributed by atoms with van der Waals surface area (Å²) in [5.41, 5.74) is 2.52. The van der Waals surface area contributed by atoms with E-state index in [0.717, 1.165) is 25.7 Å². The number of nitrogens with zero attached hydrogens (tertiary/aromatic N) is 1. The van der Waals surface area contributed by atoms with Crippen molar-refractivity contribution < 1.29 is 13.2 Å². The molecule has 1 aliphatic carbocycles. The monoisotopic (exact) mass is 309 g/mol. The number of morpholine rings is 1. The number of sulfonamides is 1. The highest BCUT2D eigenvalue weighted by Crippen LogP contribution is 2.26. The van der Waals surface area contributed by atoms with Gasteiger partial charge in [-0.15, -0.1) is 0 Å². The second-order valence-electron chi connectivity index (χ2n) is 5.90. The van der Waals surface area contributed by atoms with Crippen LogP contribution in [0.4, 0.5) is 0 Å². The Bertz CT molecular complexity index is 612. The van der Waals surface area contributed by atoms with Crippen LogP contribution < -0.4 is 0 Å². The second kappa shape index (κ2) is 6.07. The molecule has 0 N–H and O–H groups in total. The van der Waals surface area contributed by atoms with Crippen molar-refractivity contribution >= 4 is 10.0 Å². The number of hydrogen-bond acceptors (Lipinski definition) is 3. The molecule has 1 aromatic rings. The average Bonchev–Trinajstić information content (AvgIpc) is 2.54. The summed E-state index contributed by atoms with van der Waals surface area (Å²) in [6.45, 7) is 3.44. The Morgan fingerprint density at radius 2 is 2.00 bits per heavy atom. The first-order valence-corrected chi connectivity index (χ1v) is 9.29. The summed E-state index contributed by atoms with van der Waals surface area (Å²) in [6, 6.07) is 5.66. The van der Waals surface area contributed by atoms with Gasteiger partial charge < -0.3 is 4.74 Å². The molecule has 1 fully saturated rings. The summed E-state index contributed by atoms with van der Waals surface area (Å²) in [6.07, 6.45) is 5.30. The van der Waals surface area contributed by atoms with E-state index in [4.69, 9.17) is 4.74 Å². The highest BCUT2D eigenvalue weighted by molar-refractivity contribution is 7.89. The number of aryl methyl sites for hydroxylation is 2. The minimum atomic E-state index is -3.39. The first kappa shape index (κ1) is 15.0. The topological polar surface area (TPSA) is 46.6 Å². The fourth-order valence-corrected chi connectivity index (χ4v) is 4.68. The van der Waals surface area contributed by atoms with Crippen LogP contribution in [0.25, 0.3) is 0 Å². The molecule has 3 rings (SSSR count). The largest absolute Gasteiger partial charge is 0.375 e. The number of rotatable bonds is 3. The minimum absolute atomic E-state index is 0.0196. The summed E-state index contributed by atoms with van der Waals surface area (Å²) in [5.74, 6) is 0. The number of benzene rings is 1. The molecule has 1 heterocycles. The van der Waals surface area contributed by atoms with Crippen molar-refractivity contribution in [2.75, 3.05) is 19.7 Å². The molecule has 1 aromatic carbocycles. The molecule has 1 saturated heterocycles. The lowest BCUT2D eigenvalue weighted by molar-refractivity contribution is -0.00278. The third-order valence-electron chi connectivity index (χ3n) is 4.51. The Kier molecular flexibility index (Phi) is 4.33. The van der Waals surface area contributed by atoms with E-state index in [1.165, 1.54) is 17.5 Å². The predicted octanol–water partition coefficient (Wildman–Crippen LogP) is 2.36. The first-order valence-electron chi connectivity index (χ1n) is 7.85. The molecule has 4 nitrogen and oxygen atoms in total. The van der Waals surface area contributed by atoms with Crippen LogP contribution in [0.2, 0.25) is 0 Å². The van der Waals surface area contributed by atoms with Gasteiger partial charge in [-0.05, 0) is 55.4 Å². The van der Waals surface area contributed by atoms with Gasteiger partial charge in [0.2, 0.25) is 10.0 Å². The molecule has 0 radical (unpaired) electrons. The van der Waals surface area contributed by atoms with Crippen molar-refractivity contribution in [2.45, 2.75) is 50.0 Å². The molecule has 0 amide bonds. The van der Waals surface area contributed by atoms with E-state index >= 15 is 0 Å². The van der Waals surface area contributed by atoms with Gasteiger partial charge in [0, 0.05) is 13.1 Å². The standard InChI is InChI=1S/C16H23NO3S/c1-2-15-12-17(9-10-20-15)21(18,19)16-8-7-13-5-3-4-6-14(13)11-16/h7-8,11,15H,2-6,9-10,12H2,1H3/t15-/m1/s1. The van der Waals surface area contributed by atoms with E-state index in [0.29, 0.717) is 24.6 Å². The Morgan fingerprint density at radius 1 is 1.24 bits per heavy atom. The zero-order valence-corrected chi connectivity index (χ0v) is 13.4. The molecular formula is C16H23NO3S. The minimum Gasteiger partial charge on any atom is -0.375 e. The zero-order chi connectivity index (χ0) is 14.9. The lowest BCUT2D eigenvalue weighted by atomic mass is 9.92. The van der Waals surface area contributed by atoms with Gasteiger partial charge in [0.1, 0.15) is 0 Å². The zero-order valence-electron chi connectivity index (χ0n) is 12.5. The van der Waals surface area contributed by atoms with E-state index in [-0.39, 0.29) is 6.10 Å². The van der Waals surface area contributed by atoms with Gasteiger partial charge in [-0.2, -0.15) is 4.31 Å². The fraction of sp³-hybridized carbons (Fsp3) is 0.625. The van der Waals surface area contributed by atoms with E-state index in [2.05, 4.69) is 0 Å². The molecule has 0 saturated carbocycles. The van der Waals surface area contributed by atoms with Crippen LogP contribution in [0.5, 0.6) is 0 Å². The Balaban J connectivity index is 1.87. The van der Waals surface area contributed by atoms with Crippen LogP contribution in [0.1, 0.15) is 37.3 Å². The summed E-state index contributed by atoms with van der Waals surface area (Å²) >= 11 is 0. The van der Waals surface area contributed by atoms with Gasteiger partial charge in [0.15, 0.2) is 0 Å². The Morgan fingerprint density at radius 3 is 2.76 bits per heavy atom. The SMILES string of the molecule is CC[C@@H]1CN(S(=O)(=O)c2ccc3c(c2)CCCC3)CCO1. The molecule has 1 aliphatic heterocycles. The Labute approximate surface area is 127 Å². The third kappa shape index (κ3) is 3.00. The quantitative estimate of drug-likeness (QED) is 0.861. The molecule has 0 spiro atoms. The molecule has 2 aliphatic rings. The Hall–Kier alpha value is -0.910. The van der Waals surface area contributed by atoms with Crippen LogP contribution in [0, 0.1) is 0 Å². The maximum absolute atomic E-state index is 12.8. The van der Waals surface area contributed by atoms with E-state index in [1.54, 1.807) is 10.4 Å². The van der Waals surface area contributed by atoms with Crippen molar-refractivity contribution in [3.05, 3.63) is 29.3 Å². The molecule has 0 unspecified atom stereocenters.